The van der Waals surface area contributed by atoms with Crippen molar-refractivity contribution in [2.75, 3.05) is 19.7 Å². The van der Waals surface area contributed by atoms with E-state index in [1.54, 1.807) is 0 Å². The second-order valence-corrected chi connectivity index (χ2v) is 7.84. The molecule has 0 bridgehead atoms. The molecule has 0 aromatic carbocycles. The van der Waals surface area contributed by atoms with Crippen LogP contribution in [0.3, 0.4) is 0 Å². The summed E-state index contributed by atoms with van der Waals surface area (Å²) in [5.41, 5.74) is 1.84. The molecule has 3 N–H and O–H groups in total. The van der Waals surface area contributed by atoms with Gasteiger partial charge in [0.05, 0.1) is 12.2 Å². The van der Waals surface area contributed by atoms with E-state index >= 15 is 0 Å². The molecule has 0 radical (unpaired) electrons. The van der Waals surface area contributed by atoms with Crippen LogP contribution in [0, 0.1) is 11.8 Å². The Labute approximate surface area is 164 Å². The molecule has 26 heavy (non-hydrogen) atoms. The Morgan fingerprint density at radius 1 is 1.31 bits per heavy atom. The summed E-state index contributed by atoms with van der Waals surface area (Å²) < 4.78 is 3.02. The number of guanidine groups is 1. The summed E-state index contributed by atoms with van der Waals surface area (Å²) in [6, 6.07) is 3.96. The number of aromatic nitrogens is 2. The van der Waals surface area contributed by atoms with Crippen molar-refractivity contribution >= 4 is 27.5 Å². The molecule has 1 unspecified atom stereocenters. The van der Waals surface area contributed by atoms with Crippen LogP contribution >= 0.6 is 15.9 Å². The number of hydrogen-bond acceptors (Lipinski definition) is 3. The third-order valence-electron chi connectivity index (χ3n) is 4.11. The van der Waals surface area contributed by atoms with Crippen molar-refractivity contribution in [3.63, 3.8) is 0 Å². The van der Waals surface area contributed by atoms with E-state index in [4.69, 9.17) is 0 Å². The van der Waals surface area contributed by atoms with Crippen LogP contribution in [0.5, 0.6) is 0 Å². The highest BCUT2D eigenvalue weighted by Gasteiger charge is 2.11. The summed E-state index contributed by atoms with van der Waals surface area (Å²) in [4.78, 5) is 9.25. The number of fused-ring (bicyclic) bond motifs is 1. The predicted molar refractivity (Wildman–Crippen MR) is 110 cm³/mol. The SMILES string of the molecule is CCNC(=NCc1cn2cc(Br)ccc2n1)NCC(CCO)CC(C)C. The van der Waals surface area contributed by atoms with Crippen molar-refractivity contribution in [2.45, 2.75) is 40.2 Å². The van der Waals surface area contributed by atoms with Gasteiger partial charge in [-0.15, -0.1) is 0 Å². The van der Waals surface area contributed by atoms with Crippen LogP contribution in [-0.2, 0) is 6.54 Å². The number of rotatable bonds is 9. The van der Waals surface area contributed by atoms with Crippen LogP contribution in [0.2, 0.25) is 0 Å². The minimum Gasteiger partial charge on any atom is -0.396 e. The summed E-state index contributed by atoms with van der Waals surface area (Å²) >= 11 is 3.47. The van der Waals surface area contributed by atoms with E-state index in [0.29, 0.717) is 18.4 Å². The second kappa shape index (κ2) is 10.5. The molecule has 144 valence electrons. The molecule has 0 saturated carbocycles. The van der Waals surface area contributed by atoms with Crippen molar-refractivity contribution in [2.24, 2.45) is 16.8 Å². The Kier molecular flexibility index (Phi) is 8.38. The molecule has 2 rings (SSSR count). The van der Waals surface area contributed by atoms with Crippen molar-refractivity contribution < 1.29 is 5.11 Å². The lowest BCUT2D eigenvalue weighted by Gasteiger charge is -2.20. The maximum Gasteiger partial charge on any atom is 0.191 e. The van der Waals surface area contributed by atoms with Gasteiger partial charge in [-0.2, -0.15) is 0 Å². The molecule has 2 aromatic heterocycles. The van der Waals surface area contributed by atoms with Gasteiger partial charge in [0, 0.05) is 36.6 Å². The normalized spacial score (nSPS) is 13.4. The molecule has 2 aromatic rings. The Morgan fingerprint density at radius 3 is 2.81 bits per heavy atom. The third-order valence-corrected chi connectivity index (χ3v) is 4.58. The first kappa shape index (κ1) is 20.7. The summed E-state index contributed by atoms with van der Waals surface area (Å²) in [5, 5.41) is 16.0. The highest BCUT2D eigenvalue weighted by molar-refractivity contribution is 9.10. The minimum atomic E-state index is 0.226. The van der Waals surface area contributed by atoms with Gasteiger partial charge in [0.1, 0.15) is 5.65 Å². The summed E-state index contributed by atoms with van der Waals surface area (Å²) in [6.45, 7) is 8.84. The van der Waals surface area contributed by atoms with Gasteiger partial charge in [-0.05, 0) is 59.7 Å². The lowest BCUT2D eigenvalue weighted by Crippen LogP contribution is -2.40. The van der Waals surface area contributed by atoms with Gasteiger partial charge < -0.3 is 20.1 Å². The van der Waals surface area contributed by atoms with Gasteiger partial charge in [0.25, 0.3) is 0 Å². The number of aliphatic imine (C=N–C) groups is 1. The van der Waals surface area contributed by atoms with Crippen LogP contribution in [0.15, 0.2) is 34.0 Å². The molecular weight excluding hydrogens is 394 g/mol. The fraction of sp³-hybridized carbons (Fsp3) is 0.579. The van der Waals surface area contributed by atoms with E-state index in [2.05, 4.69) is 57.3 Å². The monoisotopic (exact) mass is 423 g/mol. The van der Waals surface area contributed by atoms with Gasteiger partial charge in [0.2, 0.25) is 0 Å². The number of nitrogens with one attached hydrogen (secondary N) is 2. The largest absolute Gasteiger partial charge is 0.396 e. The number of aliphatic hydroxyl groups is 1. The number of nitrogens with zero attached hydrogens (tertiary/aromatic N) is 3. The van der Waals surface area contributed by atoms with E-state index in [0.717, 1.165) is 47.7 Å². The van der Waals surface area contributed by atoms with Crippen LogP contribution < -0.4 is 10.6 Å². The molecule has 0 amide bonds. The zero-order valence-electron chi connectivity index (χ0n) is 15.9. The highest BCUT2D eigenvalue weighted by Crippen LogP contribution is 2.15. The molecule has 0 aliphatic carbocycles. The van der Waals surface area contributed by atoms with Crippen molar-refractivity contribution in [1.29, 1.82) is 0 Å². The second-order valence-electron chi connectivity index (χ2n) is 6.93. The molecule has 0 fully saturated rings. The molecule has 6 nitrogen and oxygen atoms in total. The van der Waals surface area contributed by atoms with Crippen LogP contribution in [0.1, 0.15) is 39.3 Å². The summed E-state index contributed by atoms with van der Waals surface area (Å²) in [5.74, 6) is 1.85. The number of imidazole rings is 1. The number of pyridine rings is 1. The summed E-state index contributed by atoms with van der Waals surface area (Å²) in [6.07, 6.45) is 5.89. The van der Waals surface area contributed by atoms with E-state index < -0.39 is 0 Å². The maximum atomic E-state index is 9.27. The Balaban J connectivity index is 1.99. The fourth-order valence-electron chi connectivity index (χ4n) is 2.99. The first-order valence-corrected chi connectivity index (χ1v) is 10.1. The number of halogens is 1. The Morgan fingerprint density at radius 2 is 2.12 bits per heavy atom. The average Bonchev–Trinajstić information content (AvgIpc) is 2.98. The van der Waals surface area contributed by atoms with Gasteiger partial charge in [-0.1, -0.05) is 13.8 Å². The standard InChI is InChI=1S/C19H30BrN5O/c1-4-21-19(22-10-15(7-8-26)9-14(2)3)23-11-17-13-25-12-16(20)5-6-18(25)24-17/h5-6,12-15,26H,4,7-11H2,1-3H3,(H2,21,22,23). The molecule has 2 heterocycles. The zero-order valence-corrected chi connectivity index (χ0v) is 17.5. The predicted octanol–water partition coefficient (Wildman–Crippen LogP) is 3.20. The topological polar surface area (TPSA) is 74.0 Å². The molecule has 0 spiro atoms. The van der Waals surface area contributed by atoms with E-state index in [-0.39, 0.29) is 6.61 Å². The molecule has 0 saturated heterocycles. The van der Waals surface area contributed by atoms with E-state index in [9.17, 15) is 5.11 Å². The quantitative estimate of drug-likeness (QED) is 0.427. The first-order chi connectivity index (χ1) is 12.5. The number of hydrogen-bond donors (Lipinski definition) is 3. The first-order valence-electron chi connectivity index (χ1n) is 9.28. The van der Waals surface area contributed by atoms with Gasteiger partial charge in [-0.25, -0.2) is 9.98 Å². The van der Waals surface area contributed by atoms with Gasteiger partial charge >= 0.3 is 0 Å². The minimum absolute atomic E-state index is 0.226. The van der Waals surface area contributed by atoms with Crippen LogP contribution in [0.25, 0.3) is 5.65 Å². The van der Waals surface area contributed by atoms with E-state index in [1.807, 2.05) is 28.9 Å². The van der Waals surface area contributed by atoms with Gasteiger partial charge in [0.15, 0.2) is 5.96 Å². The maximum absolute atomic E-state index is 9.27. The van der Waals surface area contributed by atoms with Crippen molar-refractivity contribution in [1.82, 2.24) is 20.0 Å². The van der Waals surface area contributed by atoms with Crippen molar-refractivity contribution in [3.05, 3.63) is 34.7 Å². The Hall–Kier alpha value is -1.60. The lowest BCUT2D eigenvalue weighted by molar-refractivity contribution is 0.243. The highest BCUT2D eigenvalue weighted by atomic mass is 79.9. The molecule has 0 aliphatic rings. The molecule has 1 atom stereocenters. The average molecular weight is 424 g/mol. The Bertz CT molecular complexity index is 713. The van der Waals surface area contributed by atoms with E-state index in [1.165, 1.54) is 0 Å². The lowest BCUT2D eigenvalue weighted by atomic mass is 9.94. The van der Waals surface area contributed by atoms with Crippen LogP contribution in [0.4, 0.5) is 0 Å². The fourth-order valence-corrected chi connectivity index (χ4v) is 3.34. The number of aliphatic hydroxyl groups excluding tert-OH is 1. The molecule has 7 heteroatoms. The zero-order chi connectivity index (χ0) is 18.9. The molecular formula is C19H30BrN5O. The molecule has 0 aliphatic heterocycles. The van der Waals surface area contributed by atoms with Crippen molar-refractivity contribution in [3.8, 4) is 0 Å². The third kappa shape index (κ3) is 6.61. The van der Waals surface area contributed by atoms with Crippen LogP contribution in [-0.4, -0.2) is 40.1 Å². The van der Waals surface area contributed by atoms with Gasteiger partial charge in [-0.3, -0.25) is 0 Å². The summed E-state index contributed by atoms with van der Waals surface area (Å²) in [7, 11) is 0. The smallest absolute Gasteiger partial charge is 0.191 e.